The highest BCUT2D eigenvalue weighted by Crippen LogP contribution is 2.22. The number of fused-ring (bicyclic) bond motifs is 2. The van der Waals surface area contributed by atoms with E-state index < -0.39 is 0 Å². The van der Waals surface area contributed by atoms with Crippen molar-refractivity contribution in [1.29, 1.82) is 0 Å². The number of anilines is 4. The Bertz CT molecular complexity index is 1700. The molecule has 0 atom stereocenters. The van der Waals surface area contributed by atoms with Crippen molar-refractivity contribution in [2.24, 2.45) is 0 Å². The first-order valence-electron chi connectivity index (χ1n) is 14.5. The average Bonchev–Trinajstić information content (AvgIpc) is 3.04. The van der Waals surface area contributed by atoms with E-state index in [1.807, 2.05) is 107 Å². The minimum Gasteiger partial charge on any atom is -0.340 e. The smallest absolute Gasteiger partial charge is 0.227 e. The van der Waals surface area contributed by atoms with E-state index in [9.17, 15) is 0 Å². The van der Waals surface area contributed by atoms with Crippen LogP contribution in [0.3, 0.4) is 0 Å². The third-order valence-corrected chi connectivity index (χ3v) is 5.80. The second-order valence-electron chi connectivity index (χ2n) is 9.83. The van der Waals surface area contributed by atoms with E-state index in [1.54, 1.807) is 24.8 Å². The number of pyridine rings is 6. The predicted octanol–water partition coefficient (Wildman–Crippen LogP) is 8.09. The summed E-state index contributed by atoms with van der Waals surface area (Å²) in [6.07, 6.45) is 6.99. The molecule has 43 heavy (non-hydrogen) atoms. The fraction of sp³-hybridized carbons (Fsp3) is 0.235. The number of nitrogens with one attached hydrogen (secondary N) is 2. The van der Waals surface area contributed by atoms with Crippen LogP contribution < -0.4 is 15.1 Å². The Balaban J connectivity index is 0.000000213. The quantitative estimate of drug-likeness (QED) is 0.199. The number of aryl methyl sites for hydroxylation is 1. The third kappa shape index (κ3) is 9.51. The highest BCUT2D eigenvalue weighted by atomic mass is 15.3. The van der Waals surface area contributed by atoms with E-state index in [0.29, 0.717) is 4.48 Å². The van der Waals surface area contributed by atoms with Crippen molar-refractivity contribution in [2.75, 3.05) is 31.8 Å². The van der Waals surface area contributed by atoms with E-state index in [4.69, 9.17) is 0 Å². The number of hydrogen-bond acceptors (Lipinski definition) is 8. The fourth-order valence-corrected chi connectivity index (χ4v) is 3.79. The maximum atomic E-state index is 4.67. The molecule has 0 aromatic carbocycles. The highest BCUT2D eigenvalue weighted by Gasteiger charge is 2.14. The molecule has 222 valence electrons. The summed E-state index contributed by atoms with van der Waals surface area (Å²) in [6, 6.07) is 23.4. The lowest BCUT2D eigenvalue weighted by Gasteiger charge is -2.21. The summed E-state index contributed by atoms with van der Waals surface area (Å²) in [5.74, 6) is 2.62. The summed E-state index contributed by atoms with van der Waals surface area (Å²) in [7, 11) is 6.29. The molecule has 6 aromatic rings. The first-order chi connectivity index (χ1) is 20.8. The molecular formula is C34H42N9+. The summed E-state index contributed by atoms with van der Waals surface area (Å²) in [6.45, 7) is 9.97. The monoisotopic (exact) mass is 576 g/mol. The van der Waals surface area contributed by atoms with E-state index in [2.05, 4.69) is 61.7 Å². The molecule has 0 saturated carbocycles. The molecule has 9 heteroatoms. The van der Waals surface area contributed by atoms with Crippen LogP contribution >= 0.6 is 0 Å². The van der Waals surface area contributed by atoms with Crippen LogP contribution in [0, 0.1) is 6.92 Å². The lowest BCUT2D eigenvalue weighted by molar-refractivity contribution is 0.474. The Kier molecular flexibility index (Phi) is 12.0. The highest BCUT2D eigenvalue weighted by molar-refractivity contribution is 5.79. The largest absolute Gasteiger partial charge is 0.340 e. The van der Waals surface area contributed by atoms with Crippen LogP contribution in [0.1, 0.15) is 33.4 Å². The molecule has 6 heterocycles. The van der Waals surface area contributed by atoms with E-state index >= 15 is 0 Å². The molecule has 0 radical (unpaired) electrons. The van der Waals surface area contributed by atoms with Gasteiger partial charge in [-0.25, -0.2) is 9.97 Å². The predicted molar refractivity (Wildman–Crippen MR) is 181 cm³/mol. The van der Waals surface area contributed by atoms with Crippen LogP contribution in [0.15, 0.2) is 97.6 Å². The number of hydrogen-bond donors (Lipinski definition) is 2. The molecule has 0 amide bonds. The number of quaternary nitrogens is 1. The summed E-state index contributed by atoms with van der Waals surface area (Å²) >= 11 is 0. The molecule has 0 spiro atoms. The van der Waals surface area contributed by atoms with Crippen LogP contribution in [0.25, 0.3) is 22.1 Å². The molecule has 6 aromatic heterocycles. The normalized spacial score (nSPS) is 10.3. The van der Waals surface area contributed by atoms with Crippen molar-refractivity contribution in [3.8, 4) is 0 Å². The zero-order valence-corrected chi connectivity index (χ0v) is 26.4. The molecule has 0 unspecified atom stereocenters. The van der Waals surface area contributed by atoms with E-state index in [-0.39, 0.29) is 0 Å². The van der Waals surface area contributed by atoms with Crippen molar-refractivity contribution < 1.29 is 0 Å². The Morgan fingerprint density at radius 1 is 0.465 bits per heavy atom. The molecular weight excluding hydrogens is 534 g/mol. The van der Waals surface area contributed by atoms with Crippen molar-refractivity contribution in [3.05, 3.63) is 103 Å². The number of aromatic nitrogens is 6. The van der Waals surface area contributed by atoms with Gasteiger partial charge in [0.2, 0.25) is 5.82 Å². The lowest BCUT2D eigenvalue weighted by atomic mass is 10.3. The minimum atomic E-state index is 0.687. The van der Waals surface area contributed by atoms with Gasteiger partial charge >= 0.3 is 0 Å². The zero-order chi connectivity index (χ0) is 31.2. The van der Waals surface area contributed by atoms with Crippen LogP contribution in [0.5, 0.6) is 0 Å². The molecule has 0 saturated heterocycles. The molecule has 2 N–H and O–H groups in total. The lowest BCUT2D eigenvalue weighted by Crippen LogP contribution is -2.35. The van der Waals surface area contributed by atoms with Gasteiger partial charge < -0.3 is 10.6 Å². The summed E-state index contributed by atoms with van der Waals surface area (Å²) in [5, 5.41) is 6.49. The van der Waals surface area contributed by atoms with Gasteiger partial charge in [0.25, 0.3) is 0 Å². The van der Waals surface area contributed by atoms with Crippen LogP contribution in [0.4, 0.5) is 28.8 Å². The Morgan fingerprint density at radius 2 is 0.860 bits per heavy atom. The average molecular weight is 577 g/mol. The molecule has 9 nitrogen and oxygen atoms in total. The Labute approximate surface area is 254 Å². The minimum absolute atomic E-state index is 0.687. The number of nitrogens with zero attached hydrogens (tertiary/aromatic N) is 7. The van der Waals surface area contributed by atoms with Crippen LogP contribution in [0.2, 0.25) is 0 Å². The topological polar surface area (TPSA) is 101 Å². The molecule has 0 aliphatic rings. The standard InChI is InChI=1S/C16H18N5.C14H12N4.2C2H6/c1-21(2,3)16-7-5-13-14(20-16)4-6-15(19-13)18-12-8-10-17-11-9-12;1-10-2-3-13-12(16-10)4-5-14(18-13)17-11-6-8-15-9-7-11;2*1-2/h4-11H,1-3H3,(H,17,18,19);2-9H,1H3,(H,15,17,18);2*1-2H3/q+1;;;. The van der Waals surface area contributed by atoms with E-state index in [1.165, 1.54) is 0 Å². The molecule has 0 aliphatic carbocycles. The van der Waals surface area contributed by atoms with Gasteiger partial charge in [-0.05, 0) is 73.7 Å². The first kappa shape index (κ1) is 32.5. The molecule has 0 bridgehead atoms. The third-order valence-electron chi connectivity index (χ3n) is 5.80. The van der Waals surface area contributed by atoms with Gasteiger partial charge in [0.1, 0.15) is 11.6 Å². The molecule has 6 rings (SSSR count). The summed E-state index contributed by atoms with van der Waals surface area (Å²) < 4.78 is 0.687. The van der Waals surface area contributed by atoms with Gasteiger partial charge in [0.05, 0.1) is 43.2 Å². The van der Waals surface area contributed by atoms with Gasteiger partial charge in [-0.1, -0.05) is 27.7 Å². The van der Waals surface area contributed by atoms with Gasteiger partial charge in [0.15, 0.2) is 0 Å². The fourth-order valence-electron chi connectivity index (χ4n) is 3.79. The first-order valence-corrected chi connectivity index (χ1v) is 14.5. The van der Waals surface area contributed by atoms with Crippen molar-refractivity contribution in [1.82, 2.24) is 34.4 Å². The van der Waals surface area contributed by atoms with Crippen molar-refractivity contribution in [3.63, 3.8) is 0 Å². The maximum Gasteiger partial charge on any atom is 0.227 e. The van der Waals surface area contributed by atoms with Crippen molar-refractivity contribution in [2.45, 2.75) is 34.6 Å². The van der Waals surface area contributed by atoms with Crippen molar-refractivity contribution >= 4 is 50.9 Å². The SMILES string of the molecule is CC.CC.C[N+](C)(C)c1ccc2nc(Nc3ccncc3)ccc2n1.Cc1ccc2nc(Nc3ccncc3)ccc2n1. The van der Waals surface area contributed by atoms with Crippen LogP contribution in [-0.4, -0.2) is 51.0 Å². The molecule has 0 aliphatic heterocycles. The zero-order valence-electron chi connectivity index (χ0n) is 26.4. The van der Waals surface area contributed by atoms with Gasteiger partial charge in [-0.3, -0.25) is 19.4 Å². The number of rotatable bonds is 5. The molecule has 0 fully saturated rings. The second kappa shape index (κ2) is 15.8. The maximum absolute atomic E-state index is 4.67. The Hall–Kier alpha value is -5.02. The van der Waals surface area contributed by atoms with Crippen LogP contribution in [-0.2, 0) is 0 Å². The van der Waals surface area contributed by atoms with Gasteiger partial charge in [-0.2, -0.15) is 4.98 Å². The van der Waals surface area contributed by atoms with E-state index in [0.717, 1.165) is 56.6 Å². The Morgan fingerprint density at radius 3 is 1.33 bits per heavy atom. The van der Waals surface area contributed by atoms with Gasteiger partial charge in [0, 0.05) is 47.9 Å². The second-order valence-corrected chi connectivity index (χ2v) is 9.83. The summed E-state index contributed by atoms with van der Waals surface area (Å²) in [5.41, 5.74) is 6.52. The summed E-state index contributed by atoms with van der Waals surface area (Å²) in [4.78, 5) is 26.2. The van der Waals surface area contributed by atoms with Gasteiger partial charge in [-0.15, -0.1) is 0 Å².